The molecule has 2 atom stereocenters. The molecular weight excluding hydrogens is 254 g/mol. The quantitative estimate of drug-likeness (QED) is 0.465. The van der Waals surface area contributed by atoms with Gasteiger partial charge in [0.1, 0.15) is 12.2 Å². The van der Waals surface area contributed by atoms with Crippen molar-refractivity contribution in [2.24, 2.45) is 0 Å². The van der Waals surface area contributed by atoms with E-state index in [1.165, 1.54) is 18.9 Å². The Morgan fingerprint density at radius 3 is 2.16 bits per heavy atom. The number of hydrogen-bond acceptors (Lipinski definition) is 6. The average Bonchev–Trinajstić information content (AvgIpc) is 2.34. The van der Waals surface area contributed by atoms with E-state index in [9.17, 15) is 15.0 Å². The minimum atomic E-state index is -0.752. The molecule has 1 amide bonds. The van der Waals surface area contributed by atoms with Gasteiger partial charge in [0, 0.05) is 27.6 Å². The number of ether oxygens (including phenoxy) is 3. The monoisotopic (exact) mass is 279 g/mol. The summed E-state index contributed by atoms with van der Waals surface area (Å²) >= 11 is 0. The Morgan fingerprint density at radius 2 is 1.63 bits per heavy atom. The van der Waals surface area contributed by atoms with Crippen molar-refractivity contribution in [2.45, 2.75) is 19.1 Å². The highest BCUT2D eigenvalue weighted by Gasteiger charge is 2.08. The number of aliphatic hydroxyl groups excluding tert-OH is 2. The van der Waals surface area contributed by atoms with E-state index in [1.807, 2.05) is 0 Å². The summed E-state index contributed by atoms with van der Waals surface area (Å²) in [5.74, 6) is -0.0281. The molecule has 0 fully saturated rings. The first-order chi connectivity index (χ1) is 8.97. The fourth-order valence-electron chi connectivity index (χ4n) is 1.21. The van der Waals surface area contributed by atoms with Crippen LogP contribution in [0.5, 0.6) is 0 Å². The van der Waals surface area contributed by atoms with Crippen LogP contribution in [0.1, 0.15) is 6.92 Å². The van der Waals surface area contributed by atoms with Gasteiger partial charge in [-0.1, -0.05) is 0 Å². The lowest BCUT2D eigenvalue weighted by Crippen LogP contribution is -2.30. The molecule has 0 aromatic rings. The second-order valence-electron chi connectivity index (χ2n) is 4.32. The molecule has 0 radical (unpaired) electrons. The molecule has 2 N–H and O–H groups in total. The van der Waals surface area contributed by atoms with Gasteiger partial charge in [-0.25, -0.2) is 0 Å². The number of nitrogens with zero attached hydrogens (tertiary/aromatic N) is 1. The number of likely N-dealkylation sites (N-methyl/N-ethyl adjacent to an activating group) is 1. The summed E-state index contributed by atoms with van der Waals surface area (Å²) in [4.78, 5) is 12.4. The van der Waals surface area contributed by atoms with Crippen LogP contribution < -0.4 is 0 Å². The van der Waals surface area contributed by atoms with Crippen molar-refractivity contribution in [3.8, 4) is 0 Å². The number of aliphatic hydroxyl groups is 2. The van der Waals surface area contributed by atoms with Crippen LogP contribution in [0.4, 0.5) is 0 Å². The molecule has 0 aliphatic carbocycles. The van der Waals surface area contributed by atoms with Crippen LogP contribution in [-0.2, 0) is 19.0 Å². The molecule has 7 nitrogen and oxygen atoms in total. The maximum absolute atomic E-state index is 10.9. The van der Waals surface area contributed by atoms with Crippen molar-refractivity contribution >= 4 is 5.91 Å². The highest BCUT2D eigenvalue weighted by Crippen LogP contribution is 1.92. The summed E-state index contributed by atoms with van der Waals surface area (Å²) in [6.45, 7) is 2.85. The van der Waals surface area contributed by atoms with Crippen LogP contribution in [-0.4, -0.2) is 87.0 Å². The minimum Gasteiger partial charge on any atom is -0.388 e. The molecule has 0 aromatic heterocycles. The maximum Gasteiger partial charge on any atom is 0.219 e. The summed E-state index contributed by atoms with van der Waals surface area (Å²) in [7, 11) is 3.17. The van der Waals surface area contributed by atoms with Crippen molar-refractivity contribution in [3.63, 3.8) is 0 Å². The van der Waals surface area contributed by atoms with Crippen LogP contribution in [0, 0.1) is 0 Å². The summed E-state index contributed by atoms with van der Waals surface area (Å²) < 4.78 is 15.0. The largest absolute Gasteiger partial charge is 0.388 e. The third-order valence-corrected chi connectivity index (χ3v) is 2.40. The second-order valence-corrected chi connectivity index (χ2v) is 4.32. The molecule has 0 rings (SSSR count). The second kappa shape index (κ2) is 11.1. The summed E-state index contributed by atoms with van der Waals surface area (Å²) in [6.07, 6.45) is -1.44. The van der Waals surface area contributed by atoms with Crippen molar-refractivity contribution in [1.82, 2.24) is 4.90 Å². The Morgan fingerprint density at radius 1 is 1.11 bits per heavy atom. The van der Waals surface area contributed by atoms with Gasteiger partial charge in [-0.3, -0.25) is 4.79 Å². The number of rotatable bonds is 11. The van der Waals surface area contributed by atoms with Crippen LogP contribution in [0.3, 0.4) is 0 Å². The molecule has 0 saturated heterocycles. The Balaban J connectivity index is 3.44. The molecule has 0 aliphatic heterocycles. The smallest absolute Gasteiger partial charge is 0.219 e. The Kier molecular flexibility index (Phi) is 10.7. The first kappa shape index (κ1) is 18.3. The standard InChI is InChI=1S/C12H25NO6/c1-10(14)13(2)4-5-18-7-12(16)9-19-8-11(15)6-17-3/h11-12,15-16H,4-9H2,1-3H3. The first-order valence-electron chi connectivity index (χ1n) is 6.19. The molecule has 0 aromatic carbocycles. The van der Waals surface area contributed by atoms with Crippen LogP contribution in [0.15, 0.2) is 0 Å². The molecule has 0 bridgehead atoms. The molecule has 7 heteroatoms. The maximum atomic E-state index is 10.9. The fraction of sp³-hybridized carbons (Fsp3) is 0.917. The van der Waals surface area contributed by atoms with E-state index in [-0.39, 0.29) is 32.3 Å². The molecule has 0 spiro atoms. The molecular formula is C12H25NO6. The lowest BCUT2D eigenvalue weighted by atomic mass is 10.4. The molecule has 0 heterocycles. The molecule has 2 unspecified atom stereocenters. The van der Waals surface area contributed by atoms with Crippen molar-refractivity contribution in [2.75, 3.05) is 53.7 Å². The van der Waals surface area contributed by atoms with E-state index in [0.717, 1.165) is 0 Å². The van der Waals surface area contributed by atoms with E-state index >= 15 is 0 Å². The van der Waals surface area contributed by atoms with E-state index in [4.69, 9.17) is 14.2 Å². The van der Waals surface area contributed by atoms with E-state index in [0.29, 0.717) is 13.2 Å². The van der Waals surface area contributed by atoms with Crippen molar-refractivity contribution < 1.29 is 29.2 Å². The van der Waals surface area contributed by atoms with Crippen LogP contribution in [0.2, 0.25) is 0 Å². The fourth-order valence-corrected chi connectivity index (χ4v) is 1.21. The zero-order valence-electron chi connectivity index (χ0n) is 11.9. The zero-order chi connectivity index (χ0) is 14.7. The Labute approximate surface area is 114 Å². The van der Waals surface area contributed by atoms with E-state index < -0.39 is 12.2 Å². The van der Waals surface area contributed by atoms with Crippen molar-refractivity contribution in [3.05, 3.63) is 0 Å². The molecule has 0 saturated carbocycles. The summed E-state index contributed by atoms with van der Waals surface area (Å²) in [6, 6.07) is 0. The van der Waals surface area contributed by atoms with Gasteiger partial charge in [-0.2, -0.15) is 0 Å². The van der Waals surface area contributed by atoms with Gasteiger partial charge in [-0.05, 0) is 0 Å². The average molecular weight is 279 g/mol. The third-order valence-electron chi connectivity index (χ3n) is 2.40. The number of carbonyl (C=O) groups excluding carboxylic acids is 1. The predicted octanol–water partition coefficient (Wildman–Crippen LogP) is -1.13. The molecule has 114 valence electrons. The lowest BCUT2D eigenvalue weighted by Gasteiger charge is -2.16. The number of carbonyl (C=O) groups is 1. The van der Waals surface area contributed by atoms with Gasteiger partial charge in [-0.15, -0.1) is 0 Å². The molecule has 19 heavy (non-hydrogen) atoms. The van der Waals surface area contributed by atoms with E-state index in [1.54, 1.807) is 7.05 Å². The normalized spacial score (nSPS) is 14.2. The lowest BCUT2D eigenvalue weighted by molar-refractivity contribution is -0.128. The van der Waals surface area contributed by atoms with Gasteiger partial charge < -0.3 is 29.3 Å². The van der Waals surface area contributed by atoms with E-state index in [2.05, 4.69) is 0 Å². The highest BCUT2D eigenvalue weighted by atomic mass is 16.5. The van der Waals surface area contributed by atoms with Crippen LogP contribution >= 0.6 is 0 Å². The third kappa shape index (κ3) is 10.8. The highest BCUT2D eigenvalue weighted by molar-refractivity contribution is 5.72. The van der Waals surface area contributed by atoms with Gasteiger partial charge in [0.25, 0.3) is 0 Å². The van der Waals surface area contributed by atoms with Gasteiger partial charge in [0.05, 0.1) is 33.0 Å². The van der Waals surface area contributed by atoms with Crippen molar-refractivity contribution in [1.29, 1.82) is 0 Å². The minimum absolute atomic E-state index is 0.0281. The van der Waals surface area contributed by atoms with Gasteiger partial charge in [0.2, 0.25) is 5.91 Å². The number of methoxy groups -OCH3 is 1. The topological polar surface area (TPSA) is 88.5 Å². The Bertz CT molecular complexity index is 238. The zero-order valence-corrected chi connectivity index (χ0v) is 11.9. The van der Waals surface area contributed by atoms with Gasteiger partial charge >= 0.3 is 0 Å². The van der Waals surface area contributed by atoms with Crippen LogP contribution in [0.25, 0.3) is 0 Å². The summed E-state index contributed by atoms with van der Waals surface area (Å²) in [5, 5.41) is 18.8. The summed E-state index contributed by atoms with van der Waals surface area (Å²) in [5.41, 5.74) is 0. The predicted molar refractivity (Wildman–Crippen MR) is 68.8 cm³/mol. The SMILES string of the molecule is COCC(O)COCC(O)COCCN(C)C(C)=O. The number of amides is 1. The first-order valence-corrected chi connectivity index (χ1v) is 6.19. The Hall–Kier alpha value is -0.730. The van der Waals surface area contributed by atoms with Gasteiger partial charge in [0.15, 0.2) is 0 Å². The number of hydrogen-bond donors (Lipinski definition) is 2. The molecule has 0 aliphatic rings.